The Morgan fingerprint density at radius 1 is 1.06 bits per heavy atom. The van der Waals surface area contributed by atoms with Crippen LogP contribution >= 0.6 is 11.8 Å². The molecule has 2 heterocycles. The van der Waals surface area contributed by atoms with E-state index in [1.807, 2.05) is 54.6 Å². The van der Waals surface area contributed by atoms with Gasteiger partial charge in [0.1, 0.15) is 16.8 Å². The van der Waals surface area contributed by atoms with Crippen LogP contribution in [0.15, 0.2) is 84.0 Å². The van der Waals surface area contributed by atoms with Gasteiger partial charge in [0, 0.05) is 12.1 Å². The Labute approximate surface area is 200 Å². The zero-order valence-electron chi connectivity index (χ0n) is 18.3. The third-order valence-corrected chi connectivity index (χ3v) is 6.80. The Balaban J connectivity index is 1.42. The minimum atomic E-state index is -0.538. The highest BCUT2D eigenvalue weighted by molar-refractivity contribution is 8.00. The van der Waals surface area contributed by atoms with E-state index >= 15 is 0 Å². The molecule has 4 aromatic rings. The summed E-state index contributed by atoms with van der Waals surface area (Å²) in [5.74, 6) is 0.917. The van der Waals surface area contributed by atoms with Gasteiger partial charge in [0.05, 0.1) is 13.2 Å². The molecule has 34 heavy (non-hydrogen) atoms. The Morgan fingerprint density at radius 2 is 1.79 bits per heavy atom. The smallest absolute Gasteiger partial charge is 0.236 e. The highest BCUT2D eigenvalue weighted by Crippen LogP contribution is 2.38. The summed E-state index contributed by atoms with van der Waals surface area (Å²) in [6.07, 6.45) is 0. The van der Waals surface area contributed by atoms with Crippen LogP contribution in [0.25, 0.3) is 11.4 Å². The number of rotatable bonds is 6. The second kappa shape index (κ2) is 9.56. The minimum Gasteiger partial charge on any atom is -0.497 e. The Bertz CT molecular complexity index is 1280. The molecule has 1 amide bonds. The van der Waals surface area contributed by atoms with Crippen molar-refractivity contribution in [2.24, 2.45) is 0 Å². The van der Waals surface area contributed by atoms with Crippen molar-refractivity contribution >= 4 is 17.7 Å². The van der Waals surface area contributed by atoms with Gasteiger partial charge in [-0.25, -0.2) is 9.07 Å². The number of benzene rings is 3. The third kappa shape index (κ3) is 4.47. The van der Waals surface area contributed by atoms with Crippen LogP contribution in [0.5, 0.6) is 5.75 Å². The first-order chi connectivity index (χ1) is 16.6. The summed E-state index contributed by atoms with van der Waals surface area (Å²) in [7, 11) is 1.61. The van der Waals surface area contributed by atoms with Crippen LogP contribution in [0.1, 0.15) is 17.2 Å². The predicted molar refractivity (Wildman–Crippen MR) is 128 cm³/mol. The van der Waals surface area contributed by atoms with Crippen molar-refractivity contribution in [2.45, 2.75) is 23.0 Å². The molecule has 0 saturated carbocycles. The van der Waals surface area contributed by atoms with Crippen molar-refractivity contribution in [3.05, 3.63) is 95.8 Å². The number of carbonyl (C=O) groups is 1. The molecule has 0 spiro atoms. The average molecular weight is 476 g/mol. The Hall–Kier alpha value is -3.85. The van der Waals surface area contributed by atoms with E-state index in [9.17, 15) is 9.18 Å². The van der Waals surface area contributed by atoms with Gasteiger partial charge in [-0.1, -0.05) is 66.4 Å². The maximum absolute atomic E-state index is 13.6. The van der Waals surface area contributed by atoms with Crippen LogP contribution in [0.3, 0.4) is 0 Å². The van der Waals surface area contributed by atoms with E-state index in [-0.39, 0.29) is 11.7 Å². The van der Waals surface area contributed by atoms with Crippen molar-refractivity contribution < 1.29 is 13.9 Å². The van der Waals surface area contributed by atoms with Gasteiger partial charge in [0.2, 0.25) is 11.1 Å². The topological polar surface area (TPSA) is 81.1 Å². The van der Waals surface area contributed by atoms with Crippen molar-refractivity contribution in [3.63, 3.8) is 0 Å². The SMILES string of the molecule is COc1ccc(CNC(=O)C2Sc3nnc(-c4ccccc4)n3NC2c2ccc(F)cc2)cc1. The summed E-state index contributed by atoms with van der Waals surface area (Å²) in [6, 6.07) is 23.0. The normalized spacial score (nSPS) is 16.9. The molecule has 0 bridgehead atoms. The first kappa shape index (κ1) is 22.0. The largest absolute Gasteiger partial charge is 0.497 e. The molecule has 0 saturated heterocycles. The van der Waals surface area contributed by atoms with Crippen molar-refractivity contribution in [1.29, 1.82) is 0 Å². The maximum atomic E-state index is 13.6. The van der Waals surface area contributed by atoms with Gasteiger partial charge >= 0.3 is 0 Å². The number of nitrogens with zero attached hydrogens (tertiary/aromatic N) is 3. The molecule has 1 aliphatic rings. The number of fused-ring (bicyclic) bond motifs is 1. The summed E-state index contributed by atoms with van der Waals surface area (Å²) in [5.41, 5.74) is 6.04. The summed E-state index contributed by atoms with van der Waals surface area (Å²) in [6.45, 7) is 0.373. The fourth-order valence-electron chi connectivity index (χ4n) is 3.78. The molecular weight excluding hydrogens is 453 g/mol. The highest BCUT2D eigenvalue weighted by Gasteiger charge is 2.38. The lowest BCUT2D eigenvalue weighted by molar-refractivity contribution is -0.121. The van der Waals surface area contributed by atoms with Crippen LogP contribution in [-0.2, 0) is 11.3 Å². The first-order valence-corrected chi connectivity index (χ1v) is 11.6. The lowest BCUT2D eigenvalue weighted by Crippen LogP contribution is -2.43. The number of amides is 1. The summed E-state index contributed by atoms with van der Waals surface area (Å²) in [4.78, 5) is 13.3. The molecule has 1 aliphatic heterocycles. The van der Waals surface area contributed by atoms with Gasteiger partial charge in [-0.3, -0.25) is 4.79 Å². The number of ether oxygens (including phenoxy) is 1. The maximum Gasteiger partial charge on any atom is 0.236 e. The molecule has 3 aromatic carbocycles. The number of hydrogen-bond donors (Lipinski definition) is 2. The van der Waals surface area contributed by atoms with Gasteiger partial charge < -0.3 is 15.5 Å². The Morgan fingerprint density at radius 3 is 2.50 bits per heavy atom. The van der Waals surface area contributed by atoms with Crippen LogP contribution in [0.2, 0.25) is 0 Å². The monoisotopic (exact) mass is 475 g/mol. The second-order valence-electron chi connectivity index (χ2n) is 7.77. The third-order valence-electron chi connectivity index (χ3n) is 5.58. The molecule has 0 radical (unpaired) electrons. The Kier molecular flexibility index (Phi) is 6.18. The zero-order valence-corrected chi connectivity index (χ0v) is 19.1. The fourth-order valence-corrected chi connectivity index (χ4v) is 4.89. The molecule has 0 aliphatic carbocycles. The van der Waals surface area contributed by atoms with Crippen LogP contribution in [-0.4, -0.2) is 33.1 Å². The molecule has 0 fully saturated rings. The second-order valence-corrected chi connectivity index (χ2v) is 8.88. The molecule has 5 rings (SSSR count). The van der Waals surface area contributed by atoms with E-state index in [1.165, 1.54) is 23.9 Å². The van der Waals surface area contributed by atoms with E-state index in [0.29, 0.717) is 17.5 Å². The van der Waals surface area contributed by atoms with Crippen molar-refractivity contribution in [2.75, 3.05) is 12.5 Å². The molecular formula is C25H22FN5O2S. The van der Waals surface area contributed by atoms with Gasteiger partial charge in [0.15, 0.2) is 5.82 Å². The zero-order chi connectivity index (χ0) is 23.5. The molecule has 9 heteroatoms. The van der Waals surface area contributed by atoms with E-state index in [4.69, 9.17) is 4.74 Å². The van der Waals surface area contributed by atoms with E-state index in [1.54, 1.807) is 23.9 Å². The number of nitrogens with one attached hydrogen (secondary N) is 2. The summed E-state index contributed by atoms with van der Waals surface area (Å²) in [5, 5.41) is 11.7. The van der Waals surface area contributed by atoms with E-state index in [2.05, 4.69) is 20.9 Å². The van der Waals surface area contributed by atoms with Crippen LogP contribution < -0.4 is 15.5 Å². The lowest BCUT2D eigenvalue weighted by Gasteiger charge is -2.33. The quantitative estimate of drug-likeness (QED) is 0.436. The predicted octanol–water partition coefficient (Wildman–Crippen LogP) is 4.17. The number of aromatic nitrogens is 3. The lowest BCUT2D eigenvalue weighted by atomic mass is 10.0. The highest BCUT2D eigenvalue weighted by atomic mass is 32.2. The minimum absolute atomic E-state index is 0.154. The molecule has 1 aromatic heterocycles. The number of thioether (sulfide) groups is 1. The van der Waals surface area contributed by atoms with Gasteiger partial charge in [0.25, 0.3) is 0 Å². The molecule has 7 nitrogen and oxygen atoms in total. The standard InChI is InChI=1S/C25H22FN5O2S/c1-33-20-13-7-16(8-14-20)15-27-24(32)22-21(17-9-11-19(26)12-10-17)30-31-23(28-29-25(31)34-22)18-5-3-2-4-6-18/h2-14,21-22,30H,15H2,1H3,(H,27,32). The van der Waals surface area contributed by atoms with Gasteiger partial charge in [-0.2, -0.15) is 0 Å². The fraction of sp³-hybridized carbons (Fsp3) is 0.160. The van der Waals surface area contributed by atoms with Gasteiger partial charge in [-0.05, 0) is 35.4 Å². The number of halogens is 1. The molecule has 2 N–H and O–H groups in total. The summed E-state index contributed by atoms with van der Waals surface area (Å²) >= 11 is 1.33. The van der Waals surface area contributed by atoms with Gasteiger partial charge in [-0.15, -0.1) is 10.2 Å². The molecule has 172 valence electrons. The van der Waals surface area contributed by atoms with Crippen molar-refractivity contribution in [1.82, 2.24) is 20.2 Å². The van der Waals surface area contributed by atoms with Crippen LogP contribution in [0.4, 0.5) is 4.39 Å². The summed E-state index contributed by atoms with van der Waals surface area (Å²) < 4.78 is 20.6. The molecule has 2 atom stereocenters. The number of carbonyl (C=O) groups excluding carboxylic acids is 1. The van der Waals surface area contributed by atoms with Crippen molar-refractivity contribution in [3.8, 4) is 17.1 Å². The number of methoxy groups -OCH3 is 1. The molecule has 2 unspecified atom stereocenters. The average Bonchev–Trinajstić information content (AvgIpc) is 3.31. The van der Waals surface area contributed by atoms with E-state index in [0.717, 1.165) is 22.4 Å². The number of hydrogen-bond acceptors (Lipinski definition) is 6. The van der Waals surface area contributed by atoms with E-state index < -0.39 is 11.3 Å². The first-order valence-electron chi connectivity index (χ1n) is 10.7. The van der Waals surface area contributed by atoms with Crippen LogP contribution in [0, 0.1) is 5.82 Å².